The van der Waals surface area contributed by atoms with Crippen molar-refractivity contribution >= 4 is 27.2 Å². The molecular formula is C19H20N2O3S. The van der Waals surface area contributed by atoms with E-state index < -0.39 is 0 Å². The van der Waals surface area contributed by atoms with Crippen LogP contribution in [0.2, 0.25) is 0 Å². The van der Waals surface area contributed by atoms with Gasteiger partial charge in [0.25, 0.3) is 5.56 Å². The molecule has 130 valence electrons. The maximum absolute atomic E-state index is 12.9. The lowest BCUT2D eigenvalue weighted by molar-refractivity contribution is 0.0986. The molecule has 0 fully saturated rings. The molecule has 0 aliphatic heterocycles. The first kappa shape index (κ1) is 17.4. The minimum absolute atomic E-state index is 0.0530. The molecule has 25 heavy (non-hydrogen) atoms. The van der Waals surface area contributed by atoms with Crippen LogP contribution in [0.1, 0.15) is 35.1 Å². The Hall–Kier alpha value is -2.47. The molecule has 0 spiro atoms. The third-order valence-corrected chi connectivity index (χ3v) is 5.36. The highest BCUT2D eigenvalue weighted by molar-refractivity contribution is 7.21. The molecule has 0 bridgehead atoms. The molecule has 0 radical (unpaired) electrons. The van der Waals surface area contributed by atoms with Crippen LogP contribution in [0.3, 0.4) is 0 Å². The van der Waals surface area contributed by atoms with Crippen LogP contribution >= 0.6 is 11.3 Å². The molecule has 2 aromatic heterocycles. The Kier molecular flexibility index (Phi) is 4.72. The van der Waals surface area contributed by atoms with E-state index in [-0.39, 0.29) is 11.3 Å². The third-order valence-electron chi connectivity index (χ3n) is 4.14. The summed E-state index contributed by atoms with van der Waals surface area (Å²) >= 11 is 1.43. The zero-order valence-corrected chi connectivity index (χ0v) is 15.6. The Morgan fingerprint density at radius 1 is 1.28 bits per heavy atom. The molecule has 1 aromatic carbocycles. The molecule has 0 aliphatic carbocycles. The summed E-state index contributed by atoms with van der Waals surface area (Å²) < 4.78 is 7.78. The molecule has 5 nitrogen and oxygen atoms in total. The molecule has 3 aromatic rings. The van der Waals surface area contributed by atoms with E-state index in [2.05, 4.69) is 5.10 Å². The van der Waals surface area contributed by atoms with Crippen molar-refractivity contribution in [2.45, 2.75) is 26.7 Å². The molecule has 0 aliphatic rings. The maximum Gasteiger partial charge on any atom is 0.278 e. The van der Waals surface area contributed by atoms with Gasteiger partial charge in [0.15, 0.2) is 11.5 Å². The fourth-order valence-electron chi connectivity index (χ4n) is 3.06. The van der Waals surface area contributed by atoms with Crippen molar-refractivity contribution in [1.29, 1.82) is 0 Å². The van der Waals surface area contributed by atoms with Gasteiger partial charge in [0.1, 0.15) is 5.69 Å². The van der Waals surface area contributed by atoms with Crippen LogP contribution in [-0.2, 0) is 7.05 Å². The molecule has 3 rings (SSSR count). The lowest BCUT2D eigenvalue weighted by Gasteiger charge is -2.13. The first-order valence-electron chi connectivity index (χ1n) is 8.16. The van der Waals surface area contributed by atoms with Gasteiger partial charge in [-0.05, 0) is 19.4 Å². The second kappa shape index (κ2) is 6.80. The summed E-state index contributed by atoms with van der Waals surface area (Å²) in [6.07, 6.45) is 1.21. The van der Waals surface area contributed by atoms with E-state index in [1.807, 2.05) is 31.2 Å². The van der Waals surface area contributed by atoms with Crippen LogP contribution < -0.4 is 10.3 Å². The highest BCUT2D eigenvalue weighted by atomic mass is 32.1. The van der Waals surface area contributed by atoms with Gasteiger partial charge in [0.05, 0.1) is 17.6 Å². The average Bonchev–Trinajstić information content (AvgIpc) is 2.97. The number of ether oxygens (including phenoxy) is 1. The van der Waals surface area contributed by atoms with Gasteiger partial charge in [-0.1, -0.05) is 25.1 Å². The summed E-state index contributed by atoms with van der Waals surface area (Å²) in [4.78, 5) is 26.2. The number of fused-ring (bicyclic) bond motifs is 1. The van der Waals surface area contributed by atoms with Gasteiger partial charge < -0.3 is 4.74 Å². The Labute approximate surface area is 149 Å². The van der Waals surface area contributed by atoms with E-state index in [0.717, 1.165) is 16.5 Å². The number of nitrogens with zero attached hydrogens (tertiary/aromatic N) is 2. The fourth-order valence-corrected chi connectivity index (χ4v) is 4.23. The average molecular weight is 356 g/mol. The molecule has 0 amide bonds. The van der Waals surface area contributed by atoms with Crippen LogP contribution in [0.25, 0.3) is 21.2 Å². The summed E-state index contributed by atoms with van der Waals surface area (Å²) in [7, 11) is 3.13. The van der Waals surface area contributed by atoms with Crippen LogP contribution in [0.15, 0.2) is 29.1 Å². The molecule has 0 saturated carbocycles. The number of hydrogen-bond acceptors (Lipinski definition) is 5. The zero-order valence-electron chi connectivity index (χ0n) is 14.8. The summed E-state index contributed by atoms with van der Waals surface area (Å²) in [5.41, 5.74) is 1.43. The highest BCUT2D eigenvalue weighted by Gasteiger charge is 2.26. The monoisotopic (exact) mass is 356 g/mol. The largest absolute Gasteiger partial charge is 0.494 e. The summed E-state index contributed by atoms with van der Waals surface area (Å²) in [6, 6.07) is 7.76. The van der Waals surface area contributed by atoms with Crippen LogP contribution in [-0.4, -0.2) is 22.7 Å². The number of ketones is 1. The quantitative estimate of drug-likeness (QED) is 0.649. The molecule has 0 saturated heterocycles. The predicted molar refractivity (Wildman–Crippen MR) is 101 cm³/mol. The number of benzene rings is 1. The molecule has 0 unspecified atom stereocenters. The van der Waals surface area contributed by atoms with Crippen LogP contribution in [0, 0.1) is 6.92 Å². The third kappa shape index (κ3) is 2.87. The minimum atomic E-state index is -0.267. The van der Waals surface area contributed by atoms with E-state index in [9.17, 15) is 9.59 Å². The van der Waals surface area contributed by atoms with E-state index in [1.165, 1.54) is 23.1 Å². The zero-order chi connectivity index (χ0) is 18.1. The van der Waals surface area contributed by atoms with Crippen molar-refractivity contribution in [3.8, 4) is 16.9 Å². The van der Waals surface area contributed by atoms with Crippen molar-refractivity contribution in [2.24, 2.45) is 7.05 Å². The van der Waals surface area contributed by atoms with Gasteiger partial charge in [-0.25, -0.2) is 4.68 Å². The highest BCUT2D eigenvalue weighted by Crippen LogP contribution is 2.42. The number of carbonyl (C=O) groups excluding carboxylic acids is 1. The Bertz CT molecular complexity index is 1020. The van der Waals surface area contributed by atoms with Crippen molar-refractivity contribution in [2.75, 3.05) is 7.11 Å². The van der Waals surface area contributed by atoms with Gasteiger partial charge in [0, 0.05) is 29.1 Å². The second-order valence-electron chi connectivity index (χ2n) is 5.90. The topological polar surface area (TPSA) is 61.2 Å². The number of Topliss-reactive ketones (excluding diaryl/α,β-unsaturated/α-hetero) is 1. The van der Waals surface area contributed by atoms with Crippen LogP contribution in [0.5, 0.6) is 5.75 Å². The Morgan fingerprint density at radius 2 is 2.00 bits per heavy atom. The lowest BCUT2D eigenvalue weighted by atomic mass is 9.99. The lowest BCUT2D eigenvalue weighted by Crippen LogP contribution is -2.23. The SMILES string of the molecule is CCCC(=O)c1sc2ccccc2c1-c1c(OC)c(C)nn(C)c1=O. The van der Waals surface area contributed by atoms with Gasteiger partial charge in [-0.2, -0.15) is 5.10 Å². The van der Waals surface area contributed by atoms with E-state index in [1.54, 1.807) is 14.0 Å². The molecule has 2 heterocycles. The molecule has 6 heteroatoms. The predicted octanol–water partition coefficient (Wildman–Crippen LogP) is 3.96. The number of carbonyl (C=O) groups is 1. The first-order chi connectivity index (χ1) is 12.0. The second-order valence-corrected chi connectivity index (χ2v) is 6.95. The van der Waals surface area contributed by atoms with E-state index in [4.69, 9.17) is 4.74 Å². The molecule has 0 atom stereocenters. The molecule has 0 N–H and O–H groups in total. The number of thiophene rings is 1. The standard InChI is InChI=1S/C19H20N2O3S/c1-5-8-13(22)18-15(12-9-6-7-10-14(12)25-18)16-17(24-4)11(2)20-21(3)19(16)23/h6-7,9-10H,5,8H2,1-4H3. The van der Waals surface area contributed by atoms with Gasteiger partial charge in [-0.15, -0.1) is 11.3 Å². The van der Waals surface area contributed by atoms with Crippen LogP contribution in [0.4, 0.5) is 0 Å². The van der Waals surface area contributed by atoms with Crippen molar-refractivity contribution in [1.82, 2.24) is 9.78 Å². The van der Waals surface area contributed by atoms with E-state index >= 15 is 0 Å². The maximum atomic E-state index is 12.9. The van der Waals surface area contributed by atoms with Crippen molar-refractivity contribution < 1.29 is 9.53 Å². The number of hydrogen-bond donors (Lipinski definition) is 0. The fraction of sp³-hybridized carbons (Fsp3) is 0.316. The number of methoxy groups -OCH3 is 1. The van der Waals surface area contributed by atoms with Gasteiger partial charge in [-0.3, -0.25) is 9.59 Å². The summed E-state index contributed by atoms with van der Waals surface area (Å²) in [6.45, 7) is 3.77. The van der Waals surface area contributed by atoms with Gasteiger partial charge in [0.2, 0.25) is 0 Å². The minimum Gasteiger partial charge on any atom is -0.494 e. The number of rotatable bonds is 5. The molecular weight excluding hydrogens is 336 g/mol. The summed E-state index contributed by atoms with van der Waals surface area (Å²) in [5, 5.41) is 5.10. The number of aromatic nitrogens is 2. The van der Waals surface area contributed by atoms with Crippen molar-refractivity contribution in [3.05, 3.63) is 45.2 Å². The van der Waals surface area contributed by atoms with Crippen molar-refractivity contribution in [3.63, 3.8) is 0 Å². The summed E-state index contributed by atoms with van der Waals surface area (Å²) in [5.74, 6) is 0.481. The Balaban J connectivity index is 2.46. The van der Waals surface area contributed by atoms with Gasteiger partial charge >= 0.3 is 0 Å². The van der Waals surface area contributed by atoms with E-state index in [0.29, 0.717) is 33.9 Å². The normalized spacial score (nSPS) is 11.0. The number of aryl methyl sites for hydroxylation is 2. The Morgan fingerprint density at radius 3 is 2.68 bits per heavy atom. The smallest absolute Gasteiger partial charge is 0.278 e. The first-order valence-corrected chi connectivity index (χ1v) is 8.98.